The van der Waals surface area contributed by atoms with E-state index in [-0.39, 0.29) is 17.6 Å². The van der Waals surface area contributed by atoms with Gasteiger partial charge in [0.05, 0.1) is 18.7 Å². The van der Waals surface area contributed by atoms with Crippen molar-refractivity contribution < 1.29 is 19.4 Å². The minimum atomic E-state index is -0.754. The van der Waals surface area contributed by atoms with E-state index in [1.54, 1.807) is 4.90 Å². The maximum absolute atomic E-state index is 12.0. The summed E-state index contributed by atoms with van der Waals surface area (Å²) in [7, 11) is 0. The molecule has 3 fully saturated rings. The first kappa shape index (κ1) is 16.1. The van der Waals surface area contributed by atoms with Crippen molar-refractivity contribution in [2.75, 3.05) is 19.7 Å². The Morgan fingerprint density at radius 2 is 1.91 bits per heavy atom. The fourth-order valence-electron chi connectivity index (χ4n) is 4.18. The quantitative estimate of drug-likeness (QED) is 0.809. The van der Waals surface area contributed by atoms with Crippen molar-refractivity contribution in [3.63, 3.8) is 0 Å². The van der Waals surface area contributed by atoms with Gasteiger partial charge in [-0.15, -0.1) is 0 Å². The molecule has 1 aliphatic carbocycles. The number of rotatable bonds is 1. The zero-order valence-electron chi connectivity index (χ0n) is 14.1. The van der Waals surface area contributed by atoms with Crippen LogP contribution in [0, 0.1) is 5.92 Å². The molecule has 3 rings (SSSR count). The van der Waals surface area contributed by atoms with E-state index in [2.05, 4.69) is 0 Å². The molecular weight excluding hydrogens is 282 g/mol. The zero-order chi connectivity index (χ0) is 16.0. The van der Waals surface area contributed by atoms with Crippen LogP contribution in [0.3, 0.4) is 0 Å². The third-order valence-corrected chi connectivity index (χ3v) is 5.35. The van der Waals surface area contributed by atoms with Crippen molar-refractivity contribution in [2.24, 2.45) is 5.92 Å². The third kappa shape index (κ3) is 3.11. The Morgan fingerprint density at radius 1 is 1.27 bits per heavy atom. The van der Waals surface area contributed by atoms with Crippen LogP contribution in [0.25, 0.3) is 0 Å². The van der Waals surface area contributed by atoms with E-state index in [1.165, 1.54) is 12.8 Å². The summed E-state index contributed by atoms with van der Waals surface area (Å²) in [4.78, 5) is 13.6. The summed E-state index contributed by atoms with van der Waals surface area (Å²) in [6.45, 7) is 7.10. The van der Waals surface area contributed by atoms with Crippen LogP contribution in [0.4, 0.5) is 4.79 Å². The van der Waals surface area contributed by atoms with Gasteiger partial charge in [0.1, 0.15) is 11.2 Å². The Morgan fingerprint density at radius 3 is 2.50 bits per heavy atom. The molecule has 0 bridgehead atoms. The van der Waals surface area contributed by atoms with Crippen LogP contribution in [0.1, 0.15) is 59.3 Å². The zero-order valence-corrected chi connectivity index (χ0v) is 14.1. The van der Waals surface area contributed by atoms with Crippen LogP contribution in [0.15, 0.2) is 0 Å². The molecule has 2 aliphatic heterocycles. The standard InChI is InChI=1S/C17H29NO4/c1-15(2,3)22-14(19)18-11-17(20,12-18)13-6-9-21-16(10-13)7-4-5-8-16/h13,20H,4-12H2,1-3H3. The Hall–Kier alpha value is -0.810. The normalized spacial score (nSPS) is 30.2. The van der Waals surface area contributed by atoms with Crippen molar-refractivity contribution >= 4 is 6.09 Å². The maximum Gasteiger partial charge on any atom is 0.410 e. The van der Waals surface area contributed by atoms with Crippen molar-refractivity contribution in [1.82, 2.24) is 4.90 Å². The molecule has 0 radical (unpaired) electrons. The molecule has 0 aromatic rings. The van der Waals surface area contributed by atoms with Crippen LogP contribution in [-0.2, 0) is 9.47 Å². The SMILES string of the molecule is CC(C)(C)OC(=O)N1CC(O)(C2CCOC3(CCCC3)C2)C1. The second-order valence-electron chi connectivity index (χ2n) is 8.37. The summed E-state index contributed by atoms with van der Waals surface area (Å²) in [5.41, 5.74) is -1.24. The van der Waals surface area contributed by atoms with Gasteiger partial charge < -0.3 is 19.5 Å². The first-order valence-corrected chi connectivity index (χ1v) is 8.56. The van der Waals surface area contributed by atoms with E-state index < -0.39 is 11.2 Å². The van der Waals surface area contributed by atoms with Gasteiger partial charge in [0, 0.05) is 6.61 Å². The molecule has 1 spiro atoms. The predicted molar refractivity (Wildman–Crippen MR) is 82.6 cm³/mol. The highest BCUT2D eigenvalue weighted by molar-refractivity contribution is 5.69. The summed E-state index contributed by atoms with van der Waals surface area (Å²) < 4.78 is 11.4. The lowest BCUT2D eigenvalue weighted by atomic mass is 9.71. The summed E-state index contributed by atoms with van der Waals surface area (Å²) in [5.74, 6) is 0.234. The third-order valence-electron chi connectivity index (χ3n) is 5.35. The molecule has 2 saturated heterocycles. The Kier molecular flexibility index (Phi) is 3.92. The first-order chi connectivity index (χ1) is 10.2. The van der Waals surface area contributed by atoms with Gasteiger partial charge in [0.15, 0.2) is 0 Å². The highest BCUT2D eigenvalue weighted by Gasteiger charge is 2.54. The molecule has 1 atom stereocenters. The average molecular weight is 311 g/mol. The number of hydrogen-bond acceptors (Lipinski definition) is 4. The molecule has 5 nitrogen and oxygen atoms in total. The summed E-state index contributed by atoms with van der Waals surface area (Å²) in [6.07, 6.45) is 6.21. The molecule has 0 aromatic carbocycles. The van der Waals surface area contributed by atoms with Gasteiger partial charge in [-0.25, -0.2) is 4.79 Å². The van der Waals surface area contributed by atoms with Crippen LogP contribution in [0.2, 0.25) is 0 Å². The number of nitrogens with zero attached hydrogens (tertiary/aromatic N) is 1. The van der Waals surface area contributed by atoms with Gasteiger partial charge >= 0.3 is 6.09 Å². The van der Waals surface area contributed by atoms with Gasteiger partial charge in [-0.3, -0.25) is 0 Å². The lowest BCUT2D eigenvalue weighted by Gasteiger charge is -2.53. The topological polar surface area (TPSA) is 59.0 Å². The molecule has 2 heterocycles. The molecule has 1 amide bonds. The second kappa shape index (κ2) is 5.38. The number of amides is 1. The van der Waals surface area contributed by atoms with E-state index in [1.807, 2.05) is 20.8 Å². The Bertz CT molecular complexity index is 430. The number of aliphatic hydroxyl groups is 1. The molecule has 1 unspecified atom stereocenters. The van der Waals surface area contributed by atoms with Gasteiger partial charge in [0.25, 0.3) is 0 Å². The van der Waals surface area contributed by atoms with E-state index in [9.17, 15) is 9.90 Å². The lowest BCUT2D eigenvalue weighted by Crippen LogP contribution is -2.68. The minimum Gasteiger partial charge on any atom is -0.444 e. The van der Waals surface area contributed by atoms with E-state index in [4.69, 9.17) is 9.47 Å². The Balaban J connectivity index is 1.56. The number of ether oxygens (including phenoxy) is 2. The average Bonchev–Trinajstić information content (AvgIpc) is 2.81. The Labute approximate surface area is 133 Å². The van der Waals surface area contributed by atoms with Crippen LogP contribution < -0.4 is 0 Å². The van der Waals surface area contributed by atoms with Crippen LogP contribution in [0.5, 0.6) is 0 Å². The van der Waals surface area contributed by atoms with E-state index >= 15 is 0 Å². The predicted octanol–water partition coefficient (Wildman–Crippen LogP) is 2.71. The molecule has 5 heteroatoms. The molecule has 3 aliphatic rings. The molecule has 1 saturated carbocycles. The summed E-state index contributed by atoms with van der Waals surface area (Å²) in [6, 6.07) is 0. The number of likely N-dealkylation sites (tertiary alicyclic amines) is 1. The molecular formula is C17H29NO4. The largest absolute Gasteiger partial charge is 0.444 e. The van der Waals surface area contributed by atoms with Crippen molar-refractivity contribution in [3.8, 4) is 0 Å². The summed E-state index contributed by atoms with van der Waals surface area (Å²) >= 11 is 0. The van der Waals surface area contributed by atoms with Gasteiger partial charge in [-0.2, -0.15) is 0 Å². The molecule has 0 aromatic heterocycles. The number of β-amino-alcohol motifs (C(OH)–C–C–N with tert-alkyl or cyclic N) is 1. The first-order valence-electron chi connectivity index (χ1n) is 8.56. The fraction of sp³-hybridized carbons (Fsp3) is 0.941. The molecule has 22 heavy (non-hydrogen) atoms. The highest BCUT2D eigenvalue weighted by Crippen LogP contribution is 2.46. The van der Waals surface area contributed by atoms with Crippen molar-refractivity contribution in [3.05, 3.63) is 0 Å². The smallest absolute Gasteiger partial charge is 0.410 e. The van der Waals surface area contributed by atoms with Crippen molar-refractivity contribution in [2.45, 2.75) is 76.1 Å². The van der Waals surface area contributed by atoms with Gasteiger partial charge in [-0.05, 0) is 52.4 Å². The van der Waals surface area contributed by atoms with Gasteiger partial charge in [-0.1, -0.05) is 12.8 Å². The fourth-order valence-corrected chi connectivity index (χ4v) is 4.18. The second-order valence-corrected chi connectivity index (χ2v) is 8.37. The number of hydrogen-bond donors (Lipinski definition) is 1. The highest BCUT2D eigenvalue weighted by atomic mass is 16.6. The molecule has 1 N–H and O–H groups in total. The van der Waals surface area contributed by atoms with Gasteiger partial charge in [0.2, 0.25) is 0 Å². The minimum absolute atomic E-state index is 0.00495. The van der Waals surface area contributed by atoms with E-state index in [0.29, 0.717) is 13.1 Å². The maximum atomic E-state index is 12.0. The number of carbonyl (C=O) groups is 1. The lowest BCUT2D eigenvalue weighted by molar-refractivity contribution is -0.182. The summed E-state index contributed by atoms with van der Waals surface area (Å²) in [5, 5.41) is 10.9. The molecule has 126 valence electrons. The van der Waals surface area contributed by atoms with Crippen molar-refractivity contribution in [1.29, 1.82) is 0 Å². The van der Waals surface area contributed by atoms with Crippen LogP contribution in [-0.4, -0.2) is 52.6 Å². The van der Waals surface area contributed by atoms with Crippen LogP contribution >= 0.6 is 0 Å². The monoisotopic (exact) mass is 311 g/mol. The van der Waals surface area contributed by atoms with E-state index in [0.717, 1.165) is 32.3 Å². The number of carbonyl (C=O) groups excluding carboxylic acids is 1.